The van der Waals surface area contributed by atoms with Crippen molar-refractivity contribution in [1.82, 2.24) is 15.0 Å². The highest BCUT2D eigenvalue weighted by Gasteiger charge is 2.27. The third kappa shape index (κ3) is 2.18. The van der Waals surface area contributed by atoms with Gasteiger partial charge in [0.1, 0.15) is 0 Å². The normalized spacial score (nSPS) is 15.4. The molecule has 5 heteroatoms. The fraction of sp³-hybridized carbons (Fsp3) is 0.250. The average molecular weight is 227 g/mol. The Bertz CT molecular complexity index is 467. The van der Waals surface area contributed by atoms with E-state index in [2.05, 4.69) is 25.2 Å². The molecule has 1 N–H and O–H groups in total. The summed E-state index contributed by atoms with van der Waals surface area (Å²) in [6.07, 6.45) is 7.12. The Morgan fingerprint density at radius 3 is 2.47 bits per heavy atom. The molecular formula is C12H13N5. The van der Waals surface area contributed by atoms with Crippen molar-refractivity contribution >= 4 is 11.6 Å². The van der Waals surface area contributed by atoms with Crippen molar-refractivity contribution in [3.8, 4) is 0 Å². The smallest absolute Gasteiger partial charge is 0.222 e. The molecule has 0 bridgehead atoms. The van der Waals surface area contributed by atoms with Gasteiger partial charge in [0, 0.05) is 43.6 Å². The molecule has 0 amide bonds. The molecule has 2 aromatic rings. The molecule has 3 rings (SSSR count). The van der Waals surface area contributed by atoms with Crippen LogP contribution in [0.25, 0.3) is 0 Å². The Balaban J connectivity index is 1.56. The van der Waals surface area contributed by atoms with Crippen LogP contribution in [0.2, 0.25) is 0 Å². The minimum absolute atomic E-state index is 0.422. The molecule has 0 spiro atoms. The van der Waals surface area contributed by atoms with Crippen molar-refractivity contribution < 1.29 is 0 Å². The number of hydrogen-bond acceptors (Lipinski definition) is 5. The Morgan fingerprint density at radius 2 is 1.76 bits per heavy atom. The second-order valence-corrected chi connectivity index (χ2v) is 4.02. The third-order valence-corrected chi connectivity index (χ3v) is 2.81. The maximum atomic E-state index is 4.15. The lowest BCUT2D eigenvalue weighted by Crippen LogP contribution is -2.55. The highest BCUT2D eigenvalue weighted by atomic mass is 15.3. The van der Waals surface area contributed by atoms with Crippen LogP contribution in [0.15, 0.2) is 43.0 Å². The lowest BCUT2D eigenvalue weighted by atomic mass is 10.1. The van der Waals surface area contributed by atoms with Crippen LogP contribution in [-0.2, 0) is 0 Å². The van der Waals surface area contributed by atoms with Gasteiger partial charge in [-0.05, 0) is 18.2 Å². The van der Waals surface area contributed by atoms with E-state index in [9.17, 15) is 0 Å². The van der Waals surface area contributed by atoms with Crippen LogP contribution >= 0.6 is 0 Å². The van der Waals surface area contributed by atoms with Crippen LogP contribution in [0.4, 0.5) is 11.6 Å². The van der Waals surface area contributed by atoms with Gasteiger partial charge in [-0.1, -0.05) is 0 Å². The summed E-state index contributed by atoms with van der Waals surface area (Å²) in [5.74, 6) is 0.701. The molecule has 1 saturated heterocycles. The van der Waals surface area contributed by atoms with Gasteiger partial charge in [-0.15, -0.1) is 0 Å². The van der Waals surface area contributed by atoms with Gasteiger partial charge in [-0.2, -0.15) is 0 Å². The maximum absolute atomic E-state index is 4.15. The molecule has 3 heterocycles. The summed E-state index contributed by atoms with van der Waals surface area (Å²) in [6, 6.07) is 6.28. The molecule has 0 saturated carbocycles. The third-order valence-electron chi connectivity index (χ3n) is 2.81. The van der Waals surface area contributed by atoms with Gasteiger partial charge >= 0.3 is 0 Å². The number of aromatic nitrogens is 3. The summed E-state index contributed by atoms with van der Waals surface area (Å²) in [4.78, 5) is 14.6. The van der Waals surface area contributed by atoms with Crippen LogP contribution in [-0.4, -0.2) is 34.1 Å². The van der Waals surface area contributed by atoms with Gasteiger partial charge in [0.25, 0.3) is 0 Å². The number of anilines is 2. The zero-order valence-electron chi connectivity index (χ0n) is 9.32. The topological polar surface area (TPSA) is 53.9 Å². The Kier molecular flexibility index (Phi) is 2.57. The predicted octanol–water partition coefficient (Wildman–Crippen LogP) is 1.17. The van der Waals surface area contributed by atoms with E-state index in [1.807, 2.05) is 30.6 Å². The molecule has 0 aliphatic carbocycles. The van der Waals surface area contributed by atoms with Crippen molar-refractivity contribution in [1.29, 1.82) is 0 Å². The number of hydrogen-bond donors (Lipinski definition) is 1. The summed E-state index contributed by atoms with van der Waals surface area (Å²) < 4.78 is 0. The maximum Gasteiger partial charge on any atom is 0.222 e. The molecule has 2 aromatic heterocycles. The quantitative estimate of drug-likeness (QED) is 0.853. The fourth-order valence-electron chi connectivity index (χ4n) is 1.89. The molecule has 0 aromatic carbocycles. The van der Waals surface area contributed by atoms with Crippen molar-refractivity contribution in [2.75, 3.05) is 23.3 Å². The van der Waals surface area contributed by atoms with Crippen LogP contribution < -0.4 is 10.2 Å². The van der Waals surface area contributed by atoms with Crippen molar-refractivity contribution in [3.05, 3.63) is 43.0 Å². The molecular weight excluding hydrogens is 214 g/mol. The average Bonchev–Trinajstić information content (AvgIpc) is 2.36. The summed E-state index contributed by atoms with van der Waals surface area (Å²) in [7, 11) is 0. The largest absolute Gasteiger partial charge is 0.367 e. The zero-order chi connectivity index (χ0) is 11.5. The van der Waals surface area contributed by atoms with Gasteiger partial charge in [-0.3, -0.25) is 4.98 Å². The number of nitrogens with zero attached hydrogens (tertiary/aromatic N) is 4. The highest BCUT2D eigenvalue weighted by Crippen LogP contribution is 2.20. The van der Waals surface area contributed by atoms with Crippen molar-refractivity contribution in [2.45, 2.75) is 6.04 Å². The molecule has 0 unspecified atom stereocenters. The van der Waals surface area contributed by atoms with Gasteiger partial charge in [0.15, 0.2) is 0 Å². The van der Waals surface area contributed by atoms with Crippen LogP contribution in [0, 0.1) is 0 Å². The molecule has 0 radical (unpaired) electrons. The minimum Gasteiger partial charge on any atom is -0.367 e. The monoisotopic (exact) mass is 227 g/mol. The Labute approximate surface area is 99.5 Å². The molecule has 1 aliphatic rings. The van der Waals surface area contributed by atoms with E-state index in [0.29, 0.717) is 12.0 Å². The fourth-order valence-corrected chi connectivity index (χ4v) is 1.89. The van der Waals surface area contributed by atoms with E-state index in [1.165, 1.54) is 5.69 Å². The molecule has 1 fully saturated rings. The minimum atomic E-state index is 0.422. The number of nitrogens with one attached hydrogen (secondary N) is 1. The molecule has 5 nitrogen and oxygen atoms in total. The number of pyridine rings is 1. The first-order valence-electron chi connectivity index (χ1n) is 5.60. The molecule has 86 valence electrons. The first kappa shape index (κ1) is 10.0. The molecule has 1 aliphatic heterocycles. The molecule has 0 atom stereocenters. The van der Waals surface area contributed by atoms with Gasteiger partial charge in [0.2, 0.25) is 5.95 Å². The van der Waals surface area contributed by atoms with Gasteiger partial charge in [-0.25, -0.2) is 9.97 Å². The standard InChI is InChI=1S/C12H13N5/c1-4-14-12(15-5-1)16-10-8-17(9-10)11-2-6-13-7-3-11/h1-7,10H,8-9H2,(H,14,15,16). The van der Waals surface area contributed by atoms with Gasteiger partial charge in [0.05, 0.1) is 6.04 Å². The second-order valence-electron chi connectivity index (χ2n) is 4.02. The van der Waals surface area contributed by atoms with Crippen LogP contribution in [0.3, 0.4) is 0 Å². The lowest BCUT2D eigenvalue weighted by Gasteiger charge is -2.41. The van der Waals surface area contributed by atoms with E-state index in [1.54, 1.807) is 12.4 Å². The van der Waals surface area contributed by atoms with Crippen LogP contribution in [0.1, 0.15) is 0 Å². The summed E-state index contributed by atoms with van der Waals surface area (Å²) in [5, 5.41) is 3.30. The summed E-state index contributed by atoms with van der Waals surface area (Å²) in [6.45, 7) is 1.95. The second kappa shape index (κ2) is 4.37. The first-order valence-corrected chi connectivity index (χ1v) is 5.60. The Morgan fingerprint density at radius 1 is 1.06 bits per heavy atom. The van der Waals surface area contributed by atoms with Crippen molar-refractivity contribution in [3.63, 3.8) is 0 Å². The van der Waals surface area contributed by atoms with Crippen molar-refractivity contribution in [2.24, 2.45) is 0 Å². The highest BCUT2D eigenvalue weighted by molar-refractivity contribution is 5.49. The first-order chi connectivity index (χ1) is 8.42. The lowest BCUT2D eigenvalue weighted by molar-refractivity contribution is 0.547. The van der Waals surface area contributed by atoms with E-state index in [-0.39, 0.29) is 0 Å². The van der Waals surface area contributed by atoms with E-state index >= 15 is 0 Å². The predicted molar refractivity (Wildman–Crippen MR) is 65.9 cm³/mol. The van der Waals surface area contributed by atoms with E-state index in [0.717, 1.165) is 13.1 Å². The van der Waals surface area contributed by atoms with E-state index < -0.39 is 0 Å². The summed E-state index contributed by atoms with van der Waals surface area (Å²) in [5.41, 5.74) is 1.21. The SMILES string of the molecule is c1cnc(NC2CN(c3ccncc3)C2)nc1. The Hall–Kier alpha value is -2.17. The van der Waals surface area contributed by atoms with Gasteiger partial charge < -0.3 is 10.2 Å². The zero-order valence-corrected chi connectivity index (χ0v) is 9.32. The molecule has 17 heavy (non-hydrogen) atoms. The van der Waals surface area contributed by atoms with Crippen LogP contribution in [0.5, 0.6) is 0 Å². The summed E-state index contributed by atoms with van der Waals surface area (Å²) >= 11 is 0. The number of rotatable bonds is 3. The van der Waals surface area contributed by atoms with E-state index in [4.69, 9.17) is 0 Å².